The first-order chi connectivity index (χ1) is 11.4. The molecule has 0 aliphatic carbocycles. The monoisotopic (exact) mass is 342 g/mol. The number of aromatic nitrogens is 2. The molecule has 2 aromatic heterocycles. The predicted molar refractivity (Wildman–Crippen MR) is 97.2 cm³/mol. The van der Waals surface area contributed by atoms with Gasteiger partial charge in [0.05, 0.1) is 16.5 Å². The Morgan fingerprint density at radius 3 is 2.91 bits per heavy atom. The summed E-state index contributed by atoms with van der Waals surface area (Å²) in [5, 5.41) is 4.26. The van der Waals surface area contributed by atoms with Crippen LogP contribution in [0.1, 0.15) is 19.3 Å². The van der Waals surface area contributed by atoms with Gasteiger partial charge < -0.3 is 4.74 Å². The third-order valence-electron chi connectivity index (χ3n) is 3.99. The summed E-state index contributed by atoms with van der Waals surface area (Å²) in [7, 11) is 0. The maximum Gasteiger partial charge on any atom is 0.171 e. The maximum absolute atomic E-state index is 5.85. The van der Waals surface area contributed by atoms with Crippen LogP contribution in [0.25, 0.3) is 21.6 Å². The van der Waals surface area contributed by atoms with Crippen LogP contribution in [0.5, 0.6) is 0 Å². The first kappa shape index (κ1) is 15.1. The van der Waals surface area contributed by atoms with Crippen molar-refractivity contribution in [2.75, 3.05) is 12.4 Å². The van der Waals surface area contributed by atoms with E-state index in [4.69, 9.17) is 14.7 Å². The van der Waals surface area contributed by atoms with Crippen LogP contribution >= 0.6 is 23.1 Å². The molecule has 118 valence electrons. The second-order valence-corrected chi connectivity index (χ2v) is 7.60. The van der Waals surface area contributed by atoms with Gasteiger partial charge in [0.15, 0.2) is 5.82 Å². The highest BCUT2D eigenvalue weighted by Crippen LogP contribution is 2.31. The molecule has 0 spiro atoms. The number of nitrogens with zero attached hydrogens (tertiary/aromatic N) is 2. The van der Waals surface area contributed by atoms with Crippen molar-refractivity contribution in [1.29, 1.82) is 0 Å². The molecule has 1 aliphatic heterocycles. The molecule has 3 heterocycles. The van der Waals surface area contributed by atoms with Gasteiger partial charge in [0.25, 0.3) is 0 Å². The van der Waals surface area contributed by atoms with Crippen LogP contribution in [0.3, 0.4) is 0 Å². The molecule has 5 heteroatoms. The third kappa shape index (κ3) is 3.42. The van der Waals surface area contributed by atoms with Gasteiger partial charge in [-0.1, -0.05) is 24.3 Å². The maximum atomic E-state index is 5.85. The number of para-hydroxylation sites is 1. The van der Waals surface area contributed by atoms with Crippen molar-refractivity contribution in [2.24, 2.45) is 0 Å². The molecule has 1 atom stereocenters. The van der Waals surface area contributed by atoms with Gasteiger partial charge in [0.2, 0.25) is 0 Å². The summed E-state index contributed by atoms with van der Waals surface area (Å²) < 4.78 is 5.85. The summed E-state index contributed by atoms with van der Waals surface area (Å²) in [5.41, 5.74) is 1.01. The molecule has 0 saturated carbocycles. The molecule has 0 amide bonds. The van der Waals surface area contributed by atoms with Gasteiger partial charge in [-0.2, -0.15) is 0 Å². The topological polar surface area (TPSA) is 35.0 Å². The normalized spacial score (nSPS) is 18.3. The smallest absolute Gasteiger partial charge is 0.171 e. The van der Waals surface area contributed by atoms with Gasteiger partial charge >= 0.3 is 0 Å². The predicted octanol–water partition coefficient (Wildman–Crippen LogP) is 5.02. The summed E-state index contributed by atoms with van der Waals surface area (Å²) in [6.45, 7) is 0.899. The number of thiophene rings is 1. The van der Waals surface area contributed by atoms with Gasteiger partial charge in [-0.05, 0) is 36.8 Å². The van der Waals surface area contributed by atoms with E-state index in [1.54, 1.807) is 23.1 Å². The minimum Gasteiger partial charge on any atom is -0.377 e. The van der Waals surface area contributed by atoms with Crippen molar-refractivity contribution in [3.8, 4) is 10.7 Å². The molecule has 4 rings (SSSR count). The zero-order valence-corrected chi connectivity index (χ0v) is 14.4. The molecule has 0 N–H and O–H groups in total. The average molecular weight is 342 g/mol. The molecule has 1 aliphatic rings. The Balaban J connectivity index is 1.66. The SMILES string of the molecule is c1csc(-c2nc(SC[C@@H]3CCCCO3)c3ccccc3n2)c1. The van der Waals surface area contributed by atoms with Gasteiger partial charge in [-0.15, -0.1) is 23.1 Å². The van der Waals surface area contributed by atoms with E-state index in [1.165, 1.54) is 12.8 Å². The van der Waals surface area contributed by atoms with Gasteiger partial charge in [0, 0.05) is 17.7 Å². The van der Waals surface area contributed by atoms with E-state index in [0.29, 0.717) is 6.10 Å². The fourth-order valence-corrected chi connectivity index (χ4v) is 4.53. The number of hydrogen-bond acceptors (Lipinski definition) is 5. The molecule has 0 unspecified atom stereocenters. The van der Waals surface area contributed by atoms with E-state index in [0.717, 1.165) is 45.4 Å². The second-order valence-electron chi connectivity index (χ2n) is 5.65. The minimum absolute atomic E-state index is 0.354. The molecule has 3 nitrogen and oxygen atoms in total. The van der Waals surface area contributed by atoms with Crippen molar-refractivity contribution in [2.45, 2.75) is 30.4 Å². The number of thioether (sulfide) groups is 1. The lowest BCUT2D eigenvalue weighted by atomic mass is 10.1. The van der Waals surface area contributed by atoms with E-state index < -0.39 is 0 Å². The van der Waals surface area contributed by atoms with Crippen LogP contribution < -0.4 is 0 Å². The number of benzene rings is 1. The quantitative estimate of drug-likeness (QED) is 0.492. The Labute approximate surface area is 144 Å². The summed E-state index contributed by atoms with van der Waals surface area (Å²) in [6.07, 6.45) is 3.98. The Kier molecular flexibility index (Phi) is 4.60. The van der Waals surface area contributed by atoms with Gasteiger partial charge in [0.1, 0.15) is 5.03 Å². The largest absolute Gasteiger partial charge is 0.377 e. The number of rotatable bonds is 4. The Hall–Kier alpha value is -1.43. The van der Waals surface area contributed by atoms with Crippen LogP contribution in [0.4, 0.5) is 0 Å². The Bertz CT molecular complexity index is 783. The molecule has 1 aromatic carbocycles. The lowest BCUT2D eigenvalue weighted by Crippen LogP contribution is -2.21. The van der Waals surface area contributed by atoms with Crippen molar-refractivity contribution in [3.63, 3.8) is 0 Å². The van der Waals surface area contributed by atoms with Crippen molar-refractivity contribution >= 4 is 34.0 Å². The van der Waals surface area contributed by atoms with Crippen molar-refractivity contribution < 1.29 is 4.74 Å². The summed E-state index contributed by atoms with van der Waals surface area (Å²) >= 11 is 3.48. The second kappa shape index (κ2) is 6.99. The number of ether oxygens (including phenoxy) is 1. The first-order valence-corrected chi connectivity index (χ1v) is 9.82. The minimum atomic E-state index is 0.354. The molecule has 1 saturated heterocycles. The average Bonchev–Trinajstić information content (AvgIpc) is 3.15. The Morgan fingerprint density at radius 2 is 2.09 bits per heavy atom. The van der Waals surface area contributed by atoms with Crippen LogP contribution in [0.2, 0.25) is 0 Å². The summed E-state index contributed by atoms with van der Waals surface area (Å²) in [6, 6.07) is 12.4. The molecule has 0 bridgehead atoms. The Morgan fingerprint density at radius 1 is 1.13 bits per heavy atom. The lowest BCUT2D eigenvalue weighted by Gasteiger charge is -2.22. The highest BCUT2D eigenvalue weighted by Gasteiger charge is 2.16. The van der Waals surface area contributed by atoms with Gasteiger partial charge in [-0.25, -0.2) is 9.97 Å². The zero-order chi connectivity index (χ0) is 15.5. The van der Waals surface area contributed by atoms with E-state index in [2.05, 4.69) is 29.6 Å². The molecule has 23 heavy (non-hydrogen) atoms. The molecule has 0 radical (unpaired) electrons. The third-order valence-corrected chi connectivity index (χ3v) is 5.98. The van der Waals surface area contributed by atoms with Crippen LogP contribution in [0, 0.1) is 0 Å². The lowest BCUT2D eigenvalue weighted by molar-refractivity contribution is 0.0315. The number of fused-ring (bicyclic) bond motifs is 1. The number of hydrogen-bond donors (Lipinski definition) is 0. The summed E-state index contributed by atoms with van der Waals surface area (Å²) in [4.78, 5) is 10.7. The van der Waals surface area contributed by atoms with Crippen molar-refractivity contribution in [3.05, 3.63) is 41.8 Å². The summed E-state index contributed by atoms with van der Waals surface area (Å²) in [5.74, 6) is 1.79. The van der Waals surface area contributed by atoms with Crippen LogP contribution in [-0.4, -0.2) is 28.4 Å². The van der Waals surface area contributed by atoms with E-state index >= 15 is 0 Å². The molecule has 1 fully saturated rings. The fraction of sp³-hybridized carbons (Fsp3) is 0.333. The molecule has 3 aromatic rings. The van der Waals surface area contributed by atoms with Crippen LogP contribution in [0.15, 0.2) is 46.8 Å². The highest BCUT2D eigenvalue weighted by molar-refractivity contribution is 7.99. The van der Waals surface area contributed by atoms with Crippen molar-refractivity contribution in [1.82, 2.24) is 9.97 Å². The van der Waals surface area contributed by atoms with E-state index in [1.807, 2.05) is 12.1 Å². The first-order valence-electron chi connectivity index (χ1n) is 7.95. The zero-order valence-electron chi connectivity index (χ0n) is 12.8. The molecular weight excluding hydrogens is 324 g/mol. The van der Waals surface area contributed by atoms with E-state index in [9.17, 15) is 0 Å². The van der Waals surface area contributed by atoms with Gasteiger partial charge in [-0.3, -0.25) is 0 Å². The molecular formula is C18H18N2OS2. The highest BCUT2D eigenvalue weighted by atomic mass is 32.2. The van der Waals surface area contributed by atoms with Crippen LogP contribution in [-0.2, 0) is 4.74 Å². The standard InChI is InChI=1S/C18H18N2OS2/c1-2-8-15-14(7-1)18(23-12-13-6-3-4-10-21-13)20-17(19-15)16-9-5-11-22-16/h1-2,5,7-9,11,13H,3-4,6,10,12H2/t13-/m0/s1. The fourth-order valence-electron chi connectivity index (χ4n) is 2.78. The van der Waals surface area contributed by atoms with E-state index in [-0.39, 0.29) is 0 Å².